The molecule has 0 aromatic carbocycles. The van der Waals surface area contributed by atoms with E-state index < -0.39 is 11.4 Å². The van der Waals surface area contributed by atoms with Gasteiger partial charge in [-0.3, -0.25) is 4.79 Å². The topological polar surface area (TPSA) is 60.4 Å². The number of ether oxygens (including phenoxy) is 1. The van der Waals surface area contributed by atoms with Gasteiger partial charge in [-0.25, -0.2) is 4.79 Å². The largest absolute Gasteiger partial charge is 0.466 e. The van der Waals surface area contributed by atoms with Crippen molar-refractivity contribution < 1.29 is 19.1 Å². The Kier molecular flexibility index (Phi) is 4.45. The molecule has 0 saturated heterocycles. The fourth-order valence-electron chi connectivity index (χ4n) is 6.49. The minimum Gasteiger partial charge on any atom is -0.466 e. The predicted octanol–water partition coefficient (Wildman–Crippen LogP) is 3.88. The third-order valence-corrected chi connectivity index (χ3v) is 7.66. The second-order valence-corrected chi connectivity index (χ2v) is 9.21. The number of carbonyl (C=O) groups excluding carboxylic acids is 3. The smallest absolute Gasteiger partial charge is 0.333 e. The molecule has 2 unspecified atom stereocenters. The molecule has 0 amide bonds. The number of esters is 1. The number of ketones is 1. The fourth-order valence-corrected chi connectivity index (χ4v) is 6.49. The van der Waals surface area contributed by atoms with Gasteiger partial charge in [0.15, 0.2) is 5.78 Å². The molecule has 25 heavy (non-hydrogen) atoms. The van der Waals surface area contributed by atoms with Gasteiger partial charge in [0.2, 0.25) is 0 Å². The van der Waals surface area contributed by atoms with Gasteiger partial charge in [0, 0.05) is 5.57 Å². The second kappa shape index (κ2) is 6.07. The molecule has 0 aromatic heterocycles. The van der Waals surface area contributed by atoms with Crippen LogP contribution in [0.2, 0.25) is 0 Å². The first-order valence-corrected chi connectivity index (χ1v) is 9.51. The number of allylic oxidation sites excluding steroid dienone is 1. The Hall–Kier alpha value is -1.45. The number of hydrogen-bond donors (Lipinski definition) is 0. The minimum atomic E-state index is -0.964. The van der Waals surface area contributed by atoms with E-state index in [9.17, 15) is 14.4 Å². The monoisotopic (exact) mass is 346 g/mol. The molecule has 3 aliphatic carbocycles. The fraction of sp³-hybridized carbons (Fsp3) is 0.762. The molecule has 2 saturated carbocycles. The second-order valence-electron chi connectivity index (χ2n) is 9.21. The molecule has 3 rings (SSSR count). The Morgan fingerprint density at radius 2 is 1.88 bits per heavy atom. The number of carbonyl (C=O) groups is 3. The lowest BCUT2D eigenvalue weighted by atomic mass is 9.42. The molecular formula is C21H30O4. The molecule has 4 atom stereocenters. The van der Waals surface area contributed by atoms with Crippen molar-refractivity contribution in [3.63, 3.8) is 0 Å². The maximum absolute atomic E-state index is 13.1. The van der Waals surface area contributed by atoms with Crippen molar-refractivity contribution in [3.05, 3.63) is 11.6 Å². The van der Waals surface area contributed by atoms with Crippen LogP contribution < -0.4 is 0 Å². The van der Waals surface area contributed by atoms with E-state index in [1.54, 1.807) is 0 Å². The summed E-state index contributed by atoms with van der Waals surface area (Å²) in [6.45, 7) is 6.95. The first kappa shape index (κ1) is 18.3. The van der Waals surface area contributed by atoms with E-state index in [1.165, 1.54) is 19.6 Å². The zero-order valence-corrected chi connectivity index (χ0v) is 15.9. The molecule has 0 N–H and O–H groups in total. The summed E-state index contributed by atoms with van der Waals surface area (Å²) in [5.74, 6) is -0.117. The quantitative estimate of drug-likeness (QED) is 0.432. The van der Waals surface area contributed by atoms with Crippen molar-refractivity contribution in [1.29, 1.82) is 0 Å². The lowest BCUT2D eigenvalue weighted by molar-refractivity contribution is -0.161. The van der Waals surface area contributed by atoms with Crippen LogP contribution in [-0.4, -0.2) is 25.1 Å². The number of fused-ring (bicyclic) bond motifs is 3. The summed E-state index contributed by atoms with van der Waals surface area (Å²) < 4.78 is 4.83. The first-order chi connectivity index (χ1) is 11.7. The molecule has 0 spiro atoms. The summed E-state index contributed by atoms with van der Waals surface area (Å²) >= 11 is 0. The van der Waals surface area contributed by atoms with Crippen LogP contribution in [0.15, 0.2) is 11.6 Å². The van der Waals surface area contributed by atoms with Crippen molar-refractivity contribution in [1.82, 2.24) is 0 Å². The van der Waals surface area contributed by atoms with Gasteiger partial charge >= 0.3 is 5.97 Å². The first-order valence-electron chi connectivity index (χ1n) is 9.51. The molecule has 138 valence electrons. The Bertz CT molecular complexity index is 632. The van der Waals surface area contributed by atoms with Gasteiger partial charge in [-0.15, -0.1) is 0 Å². The maximum atomic E-state index is 13.1. The van der Waals surface area contributed by atoms with Crippen LogP contribution in [0.1, 0.15) is 65.7 Å². The summed E-state index contributed by atoms with van der Waals surface area (Å²) in [4.78, 5) is 37.3. The zero-order chi connectivity index (χ0) is 18.5. The van der Waals surface area contributed by atoms with Gasteiger partial charge in [0.25, 0.3) is 0 Å². The molecule has 4 nitrogen and oxygen atoms in total. The van der Waals surface area contributed by atoms with Gasteiger partial charge in [-0.1, -0.05) is 27.2 Å². The van der Waals surface area contributed by atoms with Crippen LogP contribution in [0.3, 0.4) is 0 Å². The van der Waals surface area contributed by atoms with E-state index in [-0.39, 0.29) is 22.5 Å². The van der Waals surface area contributed by atoms with Gasteiger partial charge in [0.05, 0.1) is 12.5 Å². The van der Waals surface area contributed by atoms with Crippen LogP contribution in [-0.2, 0) is 19.1 Å². The van der Waals surface area contributed by atoms with Crippen molar-refractivity contribution in [3.8, 4) is 0 Å². The highest BCUT2D eigenvalue weighted by Crippen LogP contribution is 2.65. The van der Waals surface area contributed by atoms with Crippen LogP contribution in [0.5, 0.6) is 0 Å². The van der Waals surface area contributed by atoms with Crippen molar-refractivity contribution in [2.45, 2.75) is 65.7 Å². The summed E-state index contributed by atoms with van der Waals surface area (Å²) in [7, 11) is 1.34. The van der Waals surface area contributed by atoms with Gasteiger partial charge in [0.1, 0.15) is 6.29 Å². The average molecular weight is 346 g/mol. The van der Waals surface area contributed by atoms with Gasteiger partial charge in [-0.2, -0.15) is 0 Å². The lowest BCUT2D eigenvalue weighted by Crippen LogP contribution is -2.58. The van der Waals surface area contributed by atoms with E-state index >= 15 is 0 Å². The number of methoxy groups -OCH3 is 1. The minimum absolute atomic E-state index is 0.00160. The average Bonchev–Trinajstić information content (AvgIpc) is 2.71. The van der Waals surface area contributed by atoms with E-state index in [0.29, 0.717) is 30.8 Å². The highest BCUT2D eigenvalue weighted by Gasteiger charge is 2.62. The van der Waals surface area contributed by atoms with Gasteiger partial charge < -0.3 is 9.53 Å². The van der Waals surface area contributed by atoms with E-state index in [4.69, 9.17) is 4.74 Å². The number of hydrogen-bond acceptors (Lipinski definition) is 4. The van der Waals surface area contributed by atoms with Crippen molar-refractivity contribution in [2.24, 2.45) is 28.1 Å². The molecule has 0 heterocycles. The third-order valence-electron chi connectivity index (χ3n) is 7.66. The molecule has 4 heteroatoms. The maximum Gasteiger partial charge on any atom is 0.333 e. The number of rotatable bonds is 2. The molecule has 0 aliphatic heterocycles. The Labute approximate surface area is 150 Å². The van der Waals surface area contributed by atoms with Crippen molar-refractivity contribution in [2.75, 3.05) is 7.11 Å². The van der Waals surface area contributed by atoms with E-state index in [1.807, 2.05) is 0 Å². The summed E-state index contributed by atoms with van der Waals surface area (Å²) in [6, 6.07) is 0. The molecule has 0 aromatic rings. The van der Waals surface area contributed by atoms with Crippen LogP contribution >= 0.6 is 0 Å². The standard InChI is InChI=1S/C21H30O4/c1-19(2)9-5-10-20(3)15(19)8-11-21(13-22)16(20)7-6-14(12-17(21)23)18(24)25-4/h12-13,15-16H,5-11H2,1-4H3/t15?,16?,20-,21-/m0/s1. The lowest BCUT2D eigenvalue weighted by Gasteiger charge is -2.61. The summed E-state index contributed by atoms with van der Waals surface area (Å²) in [6.07, 6.45) is 8.43. The van der Waals surface area contributed by atoms with Crippen LogP contribution in [0, 0.1) is 28.1 Å². The highest BCUT2D eigenvalue weighted by atomic mass is 16.5. The SMILES string of the molecule is COC(=O)C1=CC(=O)[C@]2(C=O)CCC3C(C)(C)CCC[C@]3(C)C2CC1. The number of aldehydes is 1. The van der Waals surface area contributed by atoms with E-state index in [0.717, 1.165) is 25.5 Å². The highest BCUT2D eigenvalue weighted by molar-refractivity contribution is 6.09. The Morgan fingerprint density at radius 3 is 2.52 bits per heavy atom. The van der Waals surface area contributed by atoms with Gasteiger partial charge in [-0.05, 0) is 67.3 Å². The summed E-state index contributed by atoms with van der Waals surface area (Å²) in [5, 5.41) is 0. The molecule has 2 fully saturated rings. The molecule has 3 aliphatic rings. The predicted molar refractivity (Wildman–Crippen MR) is 94.8 cm³/mol. The van der Waals surface area contributed by atoms with Crippen LogP contribution in [0.25, 0.3) is 0 Å². The Balaban J connectivity index is 2.06. The van der Waals surface area contributed by atoms with Crippen LogP contribution in [0.4, 0.5) is 0 Å². The molecular weight excluding hydrogens is 316 g/mol. The Morgan fingerprint density at radius 1 is 1.16 bits per heavy atom. The third kappa shape index (κ3) is 2.60. The molecule has 0 radical (unpaired) electrons. The summed E-state index contributed by atoms with van der Waals surface area (Å²) in [5.41, 5.74) is -0.348. The van der Waals surface area contributed by atoms with Crippen molar-refractivity contribution >= 4 is 18.0 Å². The zero-order valence-electron chi connectivity index (χ0n) is 15.9. The van der Waals surface area contributed by atoms with E-state index in [2.05, 4.69) is 20.8 Å². The molecule has 0 bridgehead atoms. The normalized spacial score (nSPS) is 40.2.